The van der Waals surface area contributed by atoms with E-state index in [9.17, 15) is 5.26 Å². The summed E-state index contributed by atoms with van der Waals surface area (Å²) in [7, 11) is 0. The first kappa shape index (κ1) is 12.0. The maximum atomic E-state index is 9.34. The quantitative estimate of drug-likeness (QED) is 0.752. The Bertz CT molecular complexity index is 325. The Morgan fingerprint density at radius 2 is 2.20 bits per heavy atom. The Kier molecular flexibility index (Phi) is 3.36. The van der Waals surface area contributed by atoms with Crippen molar-refractivity contribution in [1.29, 1.82) is 5.26 Å². The second-order valence-corrected chi connectivity index (χ2v) is 5.19. The zero-order chi connectivity index (χ0) is 11.5. The predicted octanol–water partition coefficient (Wildman–Crippen LogP) is 2.78. The molecule has 0 aromatic heterocycles. The summed E-state index contributed by atoms with van der Waals surface area (Å²) in [5, 5.41) is 9.34. The molecule has 0 aromatic carbocycles. The molecule has 0 spiro atoms. The van der Waals surface area contributed by atoms with Crippen LogP contribution in [0, 0.1) is 22.2 Å². The van der Waals surface area contributed by atoms with Gasteiger partial charge in [-0.2, -0.15) is 5.26 Å². The largest absolute Gasteiger partial charge is 0.330 e. The highest BCUT2D eigenvalue weighted by Crippen LogP contribution is 2.45. The van der Waals surface area contributed by atoms with Gasteiger partial charge in [-0.1, -0.05) is 44.6 Å². The normalized spacial score (nSPS) is 25.9. The van der Waals surface area contributed by atoms with Crippen LogP contribution in [-0.4, -0.2) is 6.54 Å². The molecule has 15 heavy (non-hydrogen) atoms. The summed E-state index contributed by atoms with van der Waals surface area (Å²) in [5.74, 6) is 0. The van der Waals surface area contributed by atoms with Crippen LogP contribution in [0.25, 0.3) is 0 Å². The van der Waals surface area contributed by atoms with Crippen molar-refractivity contribution in [2.24, 2.45) is 16.6 Å². The average molecular weight is 204 g/mol. The fourth-order valence-electron chi connectivity index (χ4n) is 1.84. The number of nitrogens with zero attached hydrogens (tertiary/aromatic N) is 1. The van der Waals surface area contributed by atoms with Crippen LogP contribution in [0.15, 0.2) is 23.8 Å². The van der Waals surface area contributed by atoms with Gasteiger partial charge in [-0.25, -0.2) is 0 Å². The molecule has 1 aliphatic carbocycles. The van der Waals surface area contributed by atoms with Crippen molar-refractivity contribution in [2.45, 2.75) is 33.6 Å². The van der Waals surface area contributed by atoms with Crippen LogP contribution in [0.1, 0.15) is 33.6 Å². The molecule has 0 heterocycles. The molecular weight excluding hydrogens is 184 g/mol. The number of nitrogens with two attached hydrogens (primary N) is 1. The topological polar surface area (TPSA) is 49.8 Å². The molecule has 0 amide bonds. The minimum Gasteiger partial charge on any atom is -0.330 e. The third-order valence-corrected chi connectivity index (χ3v) is 3.24. The lowest BCUT2D eigenvalue weighted by Crippen LogP contribution is -2.33. The summed E-state index contributed by atoms with van der Waals surface area (Å²) in [4.78, 5) is 0. The van der Waals surface area contributed by atoms with E-state index in [0.717, 1.165) is 12.8 Å². The molecule has 0 aliphatic heterocycles. The Balaban J connectivity index is 2.88. The van der Waals surface area contributed by atoms with Gasteiger partial charge in [0.2, 0.25) is 0 Å². The first-order valence-electron chi connectivity index (χ1n) is 5.45. The van der Waals surface area contributed by atoms with Gasteiger partial charge in [-0.05, 0) is 24.8 Å². The van der Waals surface area contributed by atoms with Crippen molar-refractivity contribution in [3.05, 3.63) is 23.8 Å². The zero-order valence-corrected chi connectivity index (χ0v) is 9.88. The lowest BCUT2D eigenvalue weighted by Gasteiger charge is -2.37. The van der Waals surface area contributed by atoms with Crippen molar-refractivity contribution in [2.75, 3.05) is 6.54 Å². The molecule has 1 atom stereocenters. The number of hydrogen-bond acceptors (Lipinski definition) is 2. The Labute approximate surface area is 92.5 Å². The Morgan fingerprint density at radius 1 is 1.53 bits per heavy atom. The van der Waals surface area contributed by atoms with Crippen LogP contribution in [0.5, 0.6) is 0 Å². The van der Waals surface area contributed by atoms with Crippen molar-refractivity contribution in [1.82, 2.24) is 0 Å². The summed E-state index contributed by atoms with van der Waals surface area (Å²) >= 11 is 0. The van der Waals surface area contributed by atoms with Crippen LogP contribution in [0.3, 0.4) is 0 Å². The molecule has 2 heteroatoms. The first-order valence-corrected chi connectivity index (χ1v) is 5.45. The third kappa shape index (κ3) is 2.30. The van der Waals surface area contributed by atoms with Gasteiger partial charge in [-0.3, -0.25) is 0 Å². The highest BCUT2D eigenvalue weighted by atomic mass is 14.5. The summed E-state index contributed by atoms with van der Waals surface area (Å²) < 4.78 is 0. The molecule has 0 bridgehead atoms. The van der Waals surface area contributed by atoms with E-state index in [4.69, 9.17) is 5.73 Å². The van der Waals surface area contributed by atoms with Crippen molar-refractivity contribution >= 4 is 0 Å². The van der Waals surface area contributed by atoms with Gasteiger partial charge in [0.1, 0.15) is 0 Å². The number of rotatable bonds is 2. The average Bonchev–Trinajstić information content (AvgIpc) is 2.18. The molecule has 1 aliphatic rings. The molecular formula is C13H20N2. The third-order valence-electron chi connectivity index (χ3n) is 3.24. The zero-order valence-electron chi connectivity index (χ0n) is 9.88. The summed E-state index contributed by atoms with van der Waals surface area (Å²) in [6.45, 7) is 7.01. The van der Waals surface area contributed by atoms with E-state index >= 15 is 0 Å². The fourth-order valence-corrected chi connectivity index (χ4v) is 1.84. The maximum absolute atomic E-state index is 9.34. The van der Waals surface area contributed by atoms with Gasteiger partial charge in [0.15, 0.2) is 0 Å². The van der Waals surface area contributed by atoms with Gasteiger partial charge in [0.05, 0.1) is 11.5 Å². The van der Waals surface area contributed by atoms with Crippen molar-refractivity contribution < 1.29 is 0 Å². The SMILES string of the molecule is CC(C)(C)C1(C#N)C=CC(CCN)=CC1. The molecule has 0 radical (unpaired) electrons. The van der Waals surface area contributed by atoms with Gasteiger partial charge in [-0.15, -0.1) is 0 Å². The minimum absolute atomic E-state index is 0.0248. The van der Waals surface area contributed by atoms with Crippen molar-refractivity contribution in [3.8, 4) is 6.07 Å². The smallest absolute Gasteiger partial charge is 0.0839 e. The van der Waals surface area contributed by atoms with Gasteiger partial charge in [0, 0.05) is 0 Å². The number of allylic oxidation sites excluding steroid dienone is 3. The minimum atomic E-state index is -0.356. The molecule has 0 aromatic rings. The standard InChI is InChI=1S/C13H20N2/c1-12(2,3)13(10-15)7-4-11(5-8-13)6-9-14/h4-5,7H,6,8-9,14H2,1-3H3. The van der Waals surface area contributed by atoms with Crippen LogP contribution >= 0.6 is 0 Å². The van der Waals surface area contributed by atoms with Crippen molar-refractivity contribution in [3.63, 3.8) is 0 Å². The van der Waals surface area contributed by atoms with E-state index in [1.807, 2.05) is 0 Å². The molecule has 0 saturated heterocycles. The molecule has 2 nitrogen and oxygen atoms in total. The number of hydrogen-bond donors (Lipinski definition) is 1. The van der Waals surface area contributed by atoms with Crippen LogP contribution in [0.2, 0.25) is 0 Å². The highest BCUT2D eigenvalue weighted by molar-refractivity contribution is 5.32. The Hall–Kier alpha value is -1.07. The van der Waals surface area contributed by atoms with Crippen LogP contribution in [-0.2, 0) is 0 Å². The summed E-state index contributed by atoms with van der Waals surface area (Å²) in [6, 6.07) is 2.46. The second kappa shape index (κ2) is 4.20. The van der Waals surface area contributed by atoms with E-state index in [-0.39, 0.29) is 10.8 Å². The Morgan fingerprint density at radius 3 is 2.53 bits per heavy atom. The molecule has 0 fully saturated rings. The van der Waals surface area contributed by atoms with Crippen LogP contribution < -0.4 is 5.73 Å². The predicted molar refractivity (Wildman–Crippen MR) is 63.0 cm³/mol. The van der Waals surface area contributed by atoms with Gasteiger partial charge >= 0.3 is 0 Å². The van der Waals surface area contributed by atoms with E-state index in [2.05, 4.69) is 45.1 Å². The monoisotopic (exact) mass is 204 g/mol. The van der Waals surface area contributed by atoms with E-state index in [1.54, 1.807) is 0 Å². The van der Waals surface area contributed by atoms with E-state index in [0.29, 0.717) is 6.54 Å². The lowest BCUT2D eigenvalue weighted by molar-refractivity contribution is 0.214. The summed E-state index contributed by atoms with van der Waals surface area (Å²) in [6.07, 6.45) is 7.98. The van der Waals surface area contributed by atoms with Gasteiger partial charge < -0.3 is 5.73 Å². The molecule has 1 unspecified atom stereocenters. The molecule has 1 rings (SSSR count). The lowest BCUT2D eigenvalue weighted by atomic mass is 9.64. The first-order chi connectivity index (χ1) is 6.95. The number of nitriles is 1. The second-order valence-electron chi connectivity index (χ2n) is 5.19. The maximum Gasteiger partial charge on any atom is 0.0839 e. The molecule has 0 saturated carbocycles. The fraction of sp³-hybridized carbons (Fsp3) is 0.615. The van der Waals surface area contributed by atoms with Gasteiger partial charge in [0.25, 0.3) is 0 Å². The van der Waals surface area contributed by atoms with E-state index < -0.39 is 0 Å². The highest BCUT2D eigenvalue weighted by Gasteiger charge is 2.40. The molecule has 82 valence electrons. The van der Waals surface area contributed by atoms with Crippen LogP contribution in [0.4, 0.5) is 0 Å². The molecule has 2 N–H and O–H groups in total. The van der Waals surface area contributed by atoms with E-state index in [1.165, 1.54) is 5.57 Å². The summed E-state index contributed by atoms with van der Waals surface area (Å²) in [5.41, 5.74) is 6.38.